The van der Waals surface area contributed by atoms with Crippen LogP contribution >= 0.6 is 0 Å². The summed E-state index contributed by atoms with van der Waals surface area (Å²) in [4.78, 5) is 27.4. The maximum absolute atomic E-state index is 11.7. The van der Waals surface area contributed by atoms with Gasteiger partial charge in [-0.25, -0.2) is 9.78 Å². The van der Waals surface area contributed by atoms with Crippen LogP contribution in [0.1, 0.15) is 37.6 Å². The van der Waals surface area contributed by atoms with E-state index in [-0.39, 0.29) is 23.4 Å². The Labute approximate surface area is 124 Å². The first-order valence-corrected chi connectivity index (χ1v) is 6.61. The summed E-state index contributed by atoms with van der Waals surface area (Å²) in [6.07, 6.45) is 1.70. The molecule has 1 rings (SSSR count). The minimum Gasteiger partial charge on any atom is -0.465 e. The van der Waals surface area contributed by atoms with Gasteiger partial charge in [0.2, 0.25) is 5.91 Å². The van der Waals surface area contributed by atoms with Crippen LogP contribution in [0.5, 0.6) is 0 Å². The molecule has 0 radical (unpaired) electrons. The van der Waals surface area contributed by atoms with E-state index in [9.17, 15) is 9.59 Å². The number of hydrogen-bond donors (Lipinski definition) is 3. The molecule has 0 fully saturated rings. The lowest BCUT2D eigenvalue weighted by molar-refractivity contribution is -0.122. The van der Waals surface area contributed by atoms with Crippen LogP contribution in [-0.4, -0.2) is 36.1 Å². The van der Waals surface area contributed by atoms with Gasteiger partial charge in [0.1, 0.15) is 11.4 Å². The monoisotopic (exact) mass is 294 g/mol. The molecular formula is C14H22N4O3. The molecule has 0 saturated heterocycles. The Morgan fingerprint density at radius 1 is 1.38 bits per heavy atom. The number of nitrogens with two attached hydrogens (primary N) is 1. The number of ether oxygens (including phenoxy) is 1. The van der Waals surface area contributed by atoms with E-state index >= 15 is 0 Å². The van der Waals surface area contributed by atoms with Gasteiger partial charge in [0.25, 0.3) is 0 Å². The van der Waals surface area contributed by atoms with E-state index in [2.05, 4.69) is 20.4 Å². The first-order chi connectivity index (χ1) is 9.73. The number of esters is 1. The lowest BCUT2D eigenvalue weighted by atomic mass is 10.1. The highest BCUT2D eigenvalue weighted by molar-refractivity contribution is 5.95. The van der Waals surface area contributed by atoms with Gasteiger partial charge in [-0.2, -0.15) is 0 Å². The number of aromatic nitrogens is 1. The predicted octanol–water partition coefficient (Wildman–Crippen LogP) is 1.17. The van der Waals surface area contributed by atoms with Crippen molar-refractivity contribution >= 4 is 23.4 Å². The number of hydrogen-bond acceptors (Lipinski definition) is 6. The minimum atomic E-state index is -0.531. The van der Waals surface area contributed by atoms with Gasteiger partial charge in [0, 0.05) is 18.5 Å². The Morgan fingerprint density at radius 2 is 2.05 bits per heavy atom. The summed E-state index contributed by atoms with van der Waals surface area (Å²) < 4.78 is 4.67. The summed E-state index contributed by atoms with van der Waals surface area (Å²) in [5, 5.41) is 5.80. The molecule has 0 saturated carbocycles. The minimum absolute atomic E-state index is 0.0786. The van der Waals surface area contributed by atoms with Crippen molar-refractivity contribution in [3.8, 4) is 0 Å². The summed E-state index contributed by atoms with van der Waals surface area (Å²) in [6, 6.07) is 1.48. The fourth-order valence-corrected chi connectivity index (χ4v) is 1.66. The molecule has 4 N–H and O–H groups in total. The Morgan fingerprint density at radius 3 is 2.62 bits per heavy atom. The highest BCUT2D eigenvalue weighted by atomic mass is 16.5. The van der Waals surface area contributed by atoms with Gasteiger partial charge in [0.15, 0.2) is 0 Å². The van der Waals surface area contributed by atoms with E-state index < -0.39 is 5.97 Å². The van der Waals surface area contributed by atoms with E-state index in [1.165, 1.54) is 19.4 Å². The molecule has 0 aliphatic heterocycles. The fraction of sp³-hybridized carbons (Fsp3) is 0.500. The maximum atomic E-state index is 11.7. The van der Waals surface area contributed by atoms with Gasteiger partial charge in [-0.3, -0.25) is 4.79 Å². The molecule has 1 aromatic heterocycles. The number of amides is 1. The Hall–Kier alpha value is -2.31. The highest BCUT2D eigenvalue weighted by Crippen LogP contribution is 2.16. The predicted molar refractivity (Wildman–Crippen MR) is 81.0 cm³/mol. The first-order valence-electron chi connectivity index (χ1n) is 6.61. The molecule has 1 heterocycles. The molecule has 0 unspecified atom stereocenters. The summed E-state index contributed by atoms with van der Waals surface area (Å²) in [7, 11) is 1.28. The number of rotatable bonds is 5. The van der Waals surface area contributed by atoms with Crippen molar-refractivity contribution in [1.29, 1.82) is 0 Å². The lowest BCUT2D eigenvalue weighted by Gasteiger charge is -2.20. The summed E-state index contributed by atoms with van der Waals surface area (Å²) >= 11 is 0. The molecule has 0 bridgehead atoms. The van der Waals surface area contributed by atoms with Crippen molar-refractivity contribution in [2.24, 2.45) is 0 Å². The van der Waals surface area contributed by atoms with E-state index in [4.69, 9.17) is 5.73 Å². The number of methoxy groups -OCH3 is 1. The second-order valence-electron chi connectivity index (χ2n) is 5.63. The van der Waals surface area contributed by atoms with Gasteiger partial charge < -0.3 is 21.1 Å². The Balaban J connectivity index is 2.64. The van der Waals surface area contributed by atoms with Crippen molar-refractivity contribution in [3.05, 3.63) is 17.8 Å². The smallest absolute Gasteiger partial charge is 0.341 e. The number of nitrogen functional groups attached to an aromatic ring is 1. The quantitative estimate of drug-likeness (QED) is 0.704. The van der Waals surface area contributed by atoms with Gasteiger partial charge in [-0.1, -0.05) is 0 Å². The van der Waals surface area contributed by atoms with Gasteiger partial charge >= 0.3 is 5.97 Å². The number of nitrogens with zero attached hydrogens (tertiary/aromatic N) is 1. The van der Waals surface area contributed by atoms with E-state index in [1.54, 1.807) is 0 Å². The summed E-state index contributed by atoms with van der Waals surface area (Å²) in [6.45, 7) is 6.09. The third-order valence-electron chi connectivity index (χ3n) is 2.47. The zero-order valence-electron chi connectivity index (χ0n) is 12.8. The molecule has 116 valence electrons. The van der Waals surface area contributed by atoms with Crippen LogP contribution in [-0.2, 0) is 9.53 Å². The van der Waals surface area contributed by atoms with Gasteiger partial charge in [0.05, 0.1) is 19.0 Å². The molecular weight excluding hydrogens is 272 g/mol. The van der Waals surface area contributed by atoms with Crippen molar-refractivity contribution in [1.82, 2.24) is 10.3 Å². The maximum Gasteiger partial charge on any atom is 0.341 e. The Kier molecular flexibility index (Phi) is 5.52. The van der Waals surface area contributed by atoms with E-state index in [0.717, 1.165) is 0 Å². The number of carbonyl (C=O) groups is 2. The van der Waals surface area contributed by atoms with Crippen LogP contribution in [0, 0.1) is 0 Å². The SMILES string of the molecule is COC(=O)c1cc(N)cnc1NCCC(=O)NC(C)(C)C. The van der Waals surface area contributed by atoms with Crippen LogP contribution in [0.15, 0.2) is 12.3 Å². The molecule has 0 aliphatic rings. The van der Waals surface area contributed by atoms with Crippen LogP contribution in [0.3, 0.4) is 0 Å². The highest BCUT2D eigenvalue weighted by Gasteiger charge is 2.15. The van der Waals surface area contributed by atoms with Crippen molar-refractivity contribution in [2.45, 2.75) is 32.7 Å². The van der Waals surface area contributed by atoms with Crippen molar-refractivity contribution in [2.75, 3.05) is 24.7 Å². The molecule has 21 heavy (non-hydrogen) atoms. The third-order valence-corrected chi connectivity index (χ3v) is 2.47. The first kappa shape index (κ1) is 16.7. The third kappa shape index (κ3) is 5.68. The molecule has 1 aromatic rings. The largest absolute Gasteiger partial charge is 0.465 e. The van der Waals surface area contributed by atoms with Crippen LogP contribution in [0.2, 0.25) is 0 Å². The van der Waals surface area contributed by atoms with Crippen molar-refractivity contribution in [3.63, 3.8) is 0 Å². The van der Waals surface area contributed by atoms with Crippen LogP contribution in [0.25, 0.3) is 0 Å². The number of nitrogens with one attached hydrogen (secondary N) is 2. The van der Waals surface area contributed by atoms with E-state index in [0.29, 0.717) is 18.1 Å². The summed E-state index contributed by atoms with van der Waals surface area (Å²) in [5.74, 6) is -0.263. The van der Waals surface area contributed by atoms with Crippen molar-refractivity contribution < 1.29 is 14.3 Å². The zero-order valence-corrected chi connectivity index (χ0v) is 12.8. The van der Waals surface area contributed by atoms with Crippen LogP contribution in [0.4, 0.5) is 11.5 Å². The number of pyridine rings is 1. The van der Waals surface area contributed by atoms with Gasteiger partial charge in [-0.05, 0) is 26.8 Å². The molecule has 0 atom stereocenters. The second-order valence-corrected chi connectivity index (χ2v) is 5.63. The zero-order chi connectivity index (χ0) is 16.0. The second kappa shape index (κ2) is 6.92. The standard InChI is InChI=1S/C14H22N4O3/c1-14(2,3)18-11(19)5-6-16-12-10(13(20)21-4)7-9(15)8-17-12/h7-8H,5-6,15H2,1-4H3,(H,16,17)(H,18,19). The van der Waals surface area contributed by atoms with E-state index in [1.807, 2.05) is 20.8 Å². The molecule has 7 nitrogen and oxygen atoms in total. The molecule has 0 aromatic carbocycles. The molecule has 1 amide bonds. The molecule has 7 heteroatoms. The number of anilines is 2. The molecule has 0 aliphatic carbocycles. The topological polar surface area (TPSA) is 106 Å². The van der Waals surface area contributed by atoms with Gasteiger partial charge in [-0.15, -0.1) is 0 Å². The summed E-state index contributed by atoms with van der Waals surface area (Å²) in [5.41, 5.74) is 5.95. The normalized spacial score (nSPS) is 10.9. The average molecular weight is 294 g/mol. The van der Waals surface area contributed by atoms with Crippen LogP contribution < -0.4 is 16.4 Å². The lowest BCUT2D eigenvalue weighted by Crippen LogP contribution is -2.41. The molecule has 0 spiro atoms. The Bertz CT molecular complexity index is 523. The fourth-order valence-electron chi connectivity index (χ4n) is 1.66. The average Bonchev–Trinajstić information content (AvgIpc) is 2.37. The number of carbonyl (C=O) groups excluding carboxylic acids is 2.